The van der Waals surface area contributed by atoms with Crippen molar-refractivity contribution in [1.29, 1.82) is 0 Å². The van der Waals surface area contributed by atoms with Gasteiger partial charge in [0.15, 0.2) is 0 Å². The molecule has 1 aromatic rings. The Labute approximate surface area is 87.0 Å². The molecule has 3 heteroatoms. The molecular formula is C12H11FO2. The molecule has 0 spiro atoms. The molecule has 0 radical (unpaired) electrons. The molecule has 0 aliphatic heterocycles. The molecule has 78 valence electrons. The topological polar surface area (TPSA) is 37.3 Å². The molecule has 0 heterocycles. The molecule has 1 aliphatic rings. The fourth-order valence-corrected chi connectivity index (χ4v) is 1.97. The Morgan fingerprint density at radius 3 is 2.80 bits per heavy atom. The van der Waals surface area contributed by atoms with Gasteiger partial charge in [0.2, 0.25) is 0 Å². The van der Waals surface area contributed by atoms with Crippen LogP contribution in [0.4, 0.5) is 4.39 Å². The second-order valence-corrected chi connectivity index (χ2v) is 3.63. The van der Waals surface area contributed by atoms with Crippen molar-refractivity contribution in [3.8, 4) is 0 Å². The Kier molecular flexibility index (Phi) is 2.54. The Morgan fingerprint density at radius 2 is 2.13 bits per heavy atom. The molecule has 0 bridgehead atoms. The fraction of sp³-hybridized carbons (Fsp3) is 0.250. The van der Waals surface area contributed by atoms with Crippen molar-refractivity contribution in [3.63, 3.8) is 0 Å². The standard InChI is InChI=1S/C12H11FO2/c13-9-4-1-3-8(7-9)10-5-2-6-11(10)12(14)15/h1,3-4,7H,2,5-6H2,(H,14,15). The Bertz CT molecular complexity index is 435. The summed E-state index contributed by atoms with van der Waals surface area (Å²) in [5.74, 6) is -1.21. The van der Waals surface area contributed by atoms with Crippen LogP contribution in [0.3, 0.4) is 0 Å². The molecule has 1 N–H and O–H groups in total. The van der Waals surface area contributed by atoms with Gasteiger partial charge in [-0.3, -0.25) is 0 Å². The van der Waals surface area contributed by atoms with Crippen molar-refractivity contribution < 1.29 is 14.3 Å². The van der Waals surface area contributed by atoms with Crippen molar-refractivity contribution >= 4 is 11.5 Å². The zero-order valence-electron chi connectivity index (χ0n) is 8.16. The van der Waals surface area contributed by atoms with E-state index in [1.165, 1.54) is 12.1 Å². The van der Waals surface area contributed by atoms with E-state index in [1.807, 2.05) is 0 Å². The zero-order chi connectivity index (χ0) is 10.8. The van der Waals surface area contributed by atoms with E-state index in [4.69, 9.17) is 5.11 Å². The van der Waals surface area contributed by atoms with Crippen molar-refractivity contribution in [3.05, 3.63) is 41.2 Å². The van der Waals surface area contributed by atoms with Crippen LogP contribution in [0.15, 0.2) is 29.8 Å². The molecule has 2 nitrogen and oxygen atoms in total. The molecule has 0 amide bonds. The van der Waals surface area contributed by atoms with Crippen LogP contribution >= 0.6 is 0 Å². The number of carboxylic acid groups (broad SMARTS) is 1. The average molecular weight is 206 g/mol. The number of aliphatic carboxylic acids is 1. The lowest BCUT2D eigenvalue weighted by Gasteiger charge is -2.04. The molecular weight excluding hydrogens is 195 g/mol. The van der Waals surface area contributed by atoms with Gasteiger partial charge < -0.3 is 5.11 Å². The maximum atomic E-state index is 13.0. The molecule has 0 saturated carbocycles. The quantitative estimate of drug-likeness (QED) is 0.807. The Balaban J connectivity index is 2.46. The molecule has 15 heavy (non-hydrogen) atoms. The minimum Gasteiger partial charge on any atom is -0.478 e. The normalized spacial score (nSPS) is 15.8. The molecule has 1 aliphatic carbocycles. The van der Waals surface area contributed by atoms with E-state index in [1.54, 1.807) is 12.1 Å². The van der Waals surface area contributed by atoms with Gasteiger partial charge >= 0.3 is 5.97 Å². The van der Waals surface area contributed by atoms with Gasteiger partial charge in [0.1, 0.15) is 5.82 Å². The van der Waals surface area contributed by atoms with E-state index in [2.05, 4.69) is 0 Å². The molecule has 0 unspecified atom stereocenters. The number of hydrogen-bond acceptors (Lipinski definition) is 1. The summed E-state index contributed by atoms with van der Waals surface area (Å²) in [7, 11) is 0. The number of rotatable bonds is 2. The minimum atomic E-state index is -0.883. The van der Waals surface area contributed by atoms with Crippen LogP contribution in [0, 0.1) is 5.82 Å². The summed E-state index contributed by atoms with van der Waals surface area (Å²) in [5.41, 5.74) is 1.91. The lowest BCUT2D eigenvalue weighted by Crippen LogP contribution is -1.99. The van der Waals surface area contributed by atoms with E-state index in [0.717, 1.165) is 18.4 Å². The van der Waals surface area contributed by atoms with Crippen molar-refractivity contribution in [2.45, 2.75) is 19.3 Å². The molecule has 0 fully saturated rings. The molecule has 0 atom stereocenters. The third-order valence-corrected chi connectivity index (χ3v) is 2.65. The first-order valence-electron chi connectivity index (χ1n) is 4.90. The maximum Gasteiger partial charge on any atom is 0.331 e. The smallest absolute Gasteiger partial charge is 0.331 e. The summed E-state index contributed by atoms with van der Waals surface area (Å²) in [6.07, 6.45) is 2.15. The molecule has 0 aromatic heterocycles. The summed E-state index contributed by atoms with van der Waals surface area (Å²) in [4.78, 5) is 10.9. The van der Waals surface area contributed by atoms with E-state index in [-0.39, 0.29) is 5.82 Å². The van der Waals surface area contributed by atoms with Crippen LogP contribution < -0.4 is 0 Å². The summed E-state index contributed by atoms with van der Waals surface area (Å²) in [5, 5.41) is 8.96. The van der Waals surface area contributed by atoms with E-state index >= 15 is 0 Å². The zero-order valence-corrected chi connectivity index (χ0v) is 8.16. The van der Waals surface area contributed by atoms with Gasteiger partial charge in [-0.05, 0) is 42.5 Å². The third kappa shape index (κ3) is 1.91. The SMILES string of the molecule is O=C(O)C1=C(c2cccc(F)c2)CCC1. The Hall–Kier alpha value is -1.64. The summed E-state index contributed by atoms with van der Waals surface area (Å²) in [6.45, 7) is 0. The first-order valence-corrected chi connectivity index (χ1v) is 4.90. The Morgan fingerprint density at radius 1 is 1.33 bits per heavy atom. The second-order valence-electron chi connectivity index (χ2n) is 3.63. The highest BCUT2D eigenvalue weighted by atomic mass is 19.1. The summed E-state index contributed by atoms with van der Waals surface area (Å²) >= 11 is 0. The number of allylic oxidation sites excluding steroid dienone is 1. The highest BCUT2D eigenvalue weighted by Gasteiger charge is 2.21. The fourth-order valence-electron chi connectivity index (χ4n) is 1.97. The van der Waals surface area contributed by atoms with Crippen molar-refractivity contribution in [1.82, 2.24) is 0 Å². The summed E-state index contributed by atoms with van der Waals surface area (Å²) < 4.78 is 13.0. The van der Waals surface area contributed by atoms with Gasteiger partial charge in [0.25, 0.3) is 0 Å². The van der Waals surface area contributed by atoms with E-state index in [0.29, 0.717) is 17.6 Å². The first kappa shape index (κ1) is 9.90. The number of carbonyl (C=O) groups is 1. The molecule has 2 rings (SSSR count). The van der Waals surface area contributed by atoms with Crippen LogP contribution in [0.2, 0.25) is 0 Å². The van der Waals surface area contributed by atoms with Crippen molar-refractivity contribution in [2.24, 2.45) is 0 Å². The number of carboxylic acids is 1. The van der Waals surface area contributed by atoms with Gasteiger partial charge in [0, 0.05) is 5.57 Å². The van der Waals surface area contributed by atoms with Gasteiger partial charge in [-0.1, -0.05) is 12.1 Å². The average Bonchev–Trinajstić information content (AvgIpc) is 2.65. The predicted molar refractivity (Wildman–Crippen MR) is 54.8 cm³/mol. The van der Waals surface area contributed by atoms with Crippen LogP contribution in [0.5, 0.6) is 0 Å². The molecule has 1 aromatic carbocycles. The van der Waals surface area contributed by atoms with Gasteiger partial charge in [0.05, 0.1) is 0 Å². The first-order chi connectivity index (χ1) is 7.18. The number of hydrogen-bond donors (Lipinski definition) is 1. The van der Waals surface area contributed by atoms with Gasteiger partial charge in [-0.25, -0.2) is 9.18 Å². The van der Waals surface area contributed by atoms with Crippen LogP contribution in [0.1, 0.15) is 24.8 Å². The van der Waals surface area contributed by atoms with E-state index in [9.17, 15) is 9.18 Å². The minimum absolute atomic E-state index is 0.323. The van der Waals surface area contributed by atoms with Gasteiger partial charge in [-0.15, -0.1) is 0 Å². The monoisotopic (exact) mass is 206 g/mol. The van der Waals surface area contributed by atoms with E-state index < -0.39 is 5.97 Å². The van der Waals surface area contributed by atoms with Gasteiger partial charge in [-0.2, -0.15) is 0 Å². The third-order valence-electron chi connectivity index (χ3n) is 2.65. The molecule has 0 saturated heterocycles. The highest BCUT2D eigenvalue weighted by Crippen LogP contribution is 2.33. The maximum absolute atomic E-state index is 13.0. The van der Waals surface area contributed by atoms with Crippen LogP contribution in [-0.4, -0.2) is 11.1 Å². The largest absolute Gasteiger partial charge is 0.478 e. The number of benzene rings is 1. The highest BCUT2D eigenvalue weighted by molar-refractivity contribution is 5.97. The van der Waals surface area contributed by atoms with Crippen molar-refractivity contribution in [2.75, 3.05) is 0 Å². The number of halogens is 1. The lowest BCUT2D eigenvalue weighted by atomic mass is 10.0. The predicted octanol–water partition coefficient (Wildman–Crippen LogP) is 2.85. The van der Waals surface area contributed by atoms with Crippen LogP contribution in [0.25, 0.3) is 5.57 Å². The summed E-state index contributed by atoms with van der Waals surface area (Å²) in [6, 6.07) is 6.12. The second kappa shape index (κ2) is 3.85. The lowest BCUT2D eigenvalue weighted by molar-refractivity contribution is -0.132. The van der Waals surface area contributed by atoms with Crippen LogP contribution in [-0.2, 0) is 4.79 Å².